The molecule has 4 bridgehead atoms. The van der Waals surface area contributed by atoms with Gasteiger partial charge in [0.1, 0.15) is 0 Å². The summed E-state index contributed by atoms with van der Waals surface area (Å²) in [6, 6.07) is 51.9. The normalized spacial score (nSPS) is 22.9. The summed E-state index contributed by atoms with van der Waals surface area (Å²) in [6.07, 6.45) is 6.92. The number of nitrogens with zero attached hydrogens (tertiary/aromatic N) is 3. The Hall–Kier alpha value is -5.75. The number of rotatable bonds is 3. The Labute approximate surface area is 344 Å². The highest BCUT2D eigenvalue weighted by atomic mass is 32.1. The molecule has 7 aromatic carbocycles. The van der Waals surface area contributed by atoms with E-state index in [1.807, 2.05) is 22.7 Å². The van der Waals surface area contributed by atoms with Gasteiger partial charge in [-0.3, -0.25) is 0 Å². The molecule has 276 valence electrons. The van der Waals surface area contributed by atoms with Gasteiger partial charge in [-0.1, -0.05) is 109 Å². The van der Waals surface area contributed by atoms with Crippen LogP contribution in [-0.4, -0.2) is 15.0 Å². The molecule has 0 radical (unpaired) electrons. The molecule has 5 heteroatoms. The van der Waals surface area contributed by atoms with Crippen LogP contribution in [0.1, 0.15) is 43.2 Å². The third-order valence-electron chi connectivity index (χ3n) is 14.7. The molecular formula is C53H37N3S2. The highest BCUT2D eigenvalue weighted by Gasteiger charge is 2.61. The van der Waals surface area contributed by atoms with Gasteiger partial charge in [0.25, 0.3) is 0 Å². The van der Waals surface area contributed by atoms with Crippen molar-refractivity contribution < 1.29 is 0 Å². The predicted molar refractivity (Wildman–Crippen MR) is 243 cm³/mol. The standard InChI is InChI=1S/C53H37N3S2/c1-2-10-35-31(9-1)19-22-42-47(35)40-28-32(20-21-41(40)53(42)33-24-29-23-30(26-33)27-34(53)25-29)50-54-51(38-13-7-17-45-48(38)36-11-3-5-15-43(36)57-45)56-52(55-50)39-14-8-18-46-49(39)37-12-4-6-16-44(37)58-46/h1-22,28-30,33-34H,23-27H2. The van der Waals surface area contributed by atoms with E-state index in [-0.39, 0.29) is 5.41 Å². The molecule has 4 fully saturated rings. The molecule has 3 heterocycles. The smallest absolute Gasteiger partial charge is 0.164 e. The van der Waals surface area contributed by atoms with E-state index in [1.54, 1.807) is 11.1 Å². The number of fused-ring (bicyclic) bond motifs is 11. The van der Waals surface area contributed by atoms with Crippen molar-refractivity contribution in [3.8, 4) is 45.3 Å². The van der Waals surface area contributed by atoms with Crippen molar-refractivity contribution in [3.05, 3.63) is 151 Å². The number of hydrogen-bond acceptors (Lipinski definition) is 5. The molecule has 58 heavy (non-hydrogen) atoms. The fraction of sp³-hybridized carbons (Fsp3) is 0.189. The molecule has 3 aromatic heterocycles. The molecule has 0 amide bonds. The molecule has 10 aromatic rings. The van der Waals surface area contributed by atoms with Crippen LogP contribution in [0, 0.1) is 23.7 Å². The fourth-order valence-corrected chi connectivity index (χ4v) is 15.0. The quantitative estimate of drug-likeness (QED) is 0.179. The number of hydrogen-bond donors (Lipinski definition) is 0. The fourth-order valence-electron chi connectivity index (χ4n) is 12.8. The van der Waals surface area contributed by atoms with Gasteiger partial charge in [0.2, 0.25) is 0 Å². The van der Waals surface area contributed by atoms with Crippen molar-refractivity contribution in [1.82, 2.24) is 15.0 Å². The molecule has 3 nitrogen and oxygen atoms in total. The van der Waals surface area contributed by atoms with E-state index in [0.29, 0.717) is 11.8 Å². The summed E-state index contributed by atoms with van der Waals surface area (Å²) in [5, 5.41) is 7.60. The lowest BCUT2D eigenvalue weighted by atomic mass is 9.43. The van der Waals surface area contributed by atoms with Crippen molar-refractivity contribution in [2.45, 2.75) is 37.5 Å². The highest BCUT2D eigenvalue weighted by molar-refractivity contribution is 7.26. The summed E-state index contributed by atoms with van der Waals surface area (Å²) in [6.45, 7) is 0. The lowest BCUT2D eigenvalue weighted by Gasteiger charge is -2.61. The van der Waals surface area contributed by atoms with Crippen molar-refractivity contribution in [2.24, 2.45) is 23.7 Å². The molecule has 5 aliphatic rings. The number of thiophene rings is 2. The van der Waals surface area contributed by atoms with Gasteiger partial charge >= 0.3 is 0 Å². The minimum Gasteiger partial charge on any atom is -0.208 e. The first-order valence-electron chi connectivity index (χ1n) is 20.9. The van der Waals surface area contributed by atoms with E-state index in [4.69, 9.17) is 15.0 Å². The zero-order chi connectivity index (χ0) is 37.7. The first-order chi connectivity index (χ1) is 28.7. The Morgan fingerprint density at radius 3 is 1.60 bits per heavy atom. The first kappa shape index (κ1) is 32.2. The Morgan fingerprint density at radius 1 is 0.431 bits per heavy atom. The molecule has 0 saturated heterocycles. The van der Waals surface area contributed by atoms with E-state index in [9.17, 15) is 0 Å². The van der Waals surface area contributed by atoms with E-state index < -0.39 is 0 Å². The monoisotopic (exact) mass is 779 g/mol. The van der Waals surface area contributed by atoms with Gasteiger partial charge in [-0.25, -0.2) is 15.0 Å². The topological polar surface area (TPSA) is 38.7 Å². The molecule has 0 unspecified atom stereocenters. The zero-order valence-corrected chi connectivity index (χ0v) is 33.4. The molecule has 4 saturated carbocycles. The van der Waals surface area contributed by atoms with Crippen molar-refractivity contribution >= 4 is 73.8 Å². The van der Waals surface area contributed by atoms with E-state index in [1.165, 1.54) is 94.3 Å². The summed E-state index contributed by atoms with van der Waals surface area (Å²) in [7, 11) is 0. The summed E-state index contributed by atoms with van der Waals surface area (Å²) >= 11 is 3.67. The minimum absolute atomic E-state index is 0.0847. The summed E-state index contributed by atoms with van der Waals surface area (Å²) in [5.74, 6) is 5.36. The Balaban J connectivity index is 1.04. The third kappa shape index (κ3) is 4.25. The summed E-state index contributed by atoms with van der Waals surface area (Å²) in [4.78, 5) is 16.4. The maximum atomic E-state index is 5.47. The molecule has 5 aliphatic carbocycles. The van der Waals surface area contributed by atoms with Crippen LogP contribution in [0.3, 0.4) is 0 Å². The highest BCUT2D eigenvalue weighted by Crippen LogP contribution is 2.70. The largest absolute Gasteiger partial charge is 0.208 e. The average molecular weight is 780 g/mol. The summed E-state index contributed by atoms with van der Waals surface area (Å²) < 4.78 is 5.04. The second kappa shape index (κ2) is 11.7. The minimum atomic E-state index is 0.0847. The van der Waals surface area contributed by atoms with Crippen LogP contribution in [0.25, 0.3) is 96.4 Å². The first-order valence-corrected chi connectivity index (χ1v) is 22.6. The van der Waals surface area contributed by atoms with Crippen LogP contribution in [0.4, 0.5) is 0 Å². The van der Waals surface area contributed by atoms with Crippen LogP contribution in [-0.2, 0) is 5.41 Å². The lowest BCUT2D eigenvalue weighted by molar-refractivity contribution is -0.0399. The van der Waals surface area contributed by atoms with Gasteiger partial charge in [-0.15, -0.1) is 22.7 Å². The van der Waals surface area contributed by atoms with Crippen LogP contribution >= 0.6 is 22.7 Å². The van der Waals surface area contributed by atoms with Crippen LogP contribution < -0.4 is 0 Å². The molecular weight excluding hydrogens is 743 g/mol. The van der Waals surface area contributed by atoms with Gasteiger partial charge in [0.15, 0.2) is 17.5 Å². The van der Waals surface area contributed by atoms with Gasteiger partial charge in [0, 0.05) is 62.4 Å². The number of aromatic nitrogens is 3. The van der Waals surface area contributed by atoms with Gasteiger partial charge in [0.05, 0.1) is 0 Å². The van der Waals surface area contributed by atoms with E-state index in [0.717, 1.165) is 46.0 Å². The number of benzene rings is 7. The van der Waals surface area contributed by atoms with E-state index >= 15 is 0 Å². The van der Waals surface area contributed by atoms with Gasteiger partial charge in [-0.05, 0) is 119 Å². The van der Waals surface area contributed by atoms with Crippen LogP contribution in [0.2, 0.25) is 0 Å². The predicted octanol–water partition coefficient (Wildman–Crippen LogP) is 14.5. The SMILES string of the molecule is c1ccc2c3c(ccc2c1)C1(c2ccc(-c4nc(-c5cccc6sc7ccccc7c56)nc(-c5cccc6sc7ccccc7c56)n4)cc2-3)C2CC3CC(C2)CC1C3. The Bertz CT molecular complexity index is 3230. The van der Waals surface area contributed by atoms with Crippen molar-refractivity contribution in [2.75, 3.05) is 0 Å². The van der Waals surface area contributed by atoms with Crippen LogP contribution in [0.15, 0.2) is 140 Å². The van der Waals surface area contributed by atoms with Crippen molar-refractivity contribution in [3.63, 3.8) is 0 Å². The third-order valence-corrected chi connectivity index (χ3v) is 17.0. The maximum Gasteiger partial charge on any atom is 0.164 e. The second-order valence-corrected chi connectivity index (χ2v) is 19.7. The Kier molecular flexibility index (Phi) is 6.49. The van der Waals surface area contributed by atoms with Gasteiger partial charge in [-0.2, -0.15) is 0 Å². The zero-order valence-electron chi connectivity index (χ0n) is 31.8. The van der Waals surface area contributed by atoms with Crippen LogP contribution in [0.5, 0.6) is 0 Å². The maximum absolute atomic E-state index is 5.47. The summed E-state index contributed by atoms with van der Waals surface area (Å²) in [5.41, 5.74) is 9.19. The molecule has 0 aliphatic heterocycles. The lowest BCUT2D eigenvalue weighted by Crippen LogP contribution is -2.55. The average Bonchev–Trinajstić information content (AvgIpc) is 3.93. The second-order valence-electron chi connectivity index (χ2n) is 17.5. The molecule has 0 atom stereocenters. The molecule has 1 spiro atoms. The van der Waals surface area contributed by atoms with E-state index in [2.05, 4.69) is 140 Å². The van der Waals surface area contributed by atoms with Crippen molar-refractivity contribution in [1.29, 1.82) is 0 Å². The van der Waals surface area contributed by atoms with Gasteiger partial charge < -0.3 is 0 Å². The molecule has 15 rings (SSSR count). The molecule has 0 N–H and O–H groups in total. The Morgan fingerprint density at radius 2 is 0.966 bits per heavy atom.